The fourth-order valence-electron chi connectivity index (χ4n) is 5.23. The molecule has 0 radical (unpaired) electrons. The van der Waals surface area contributed by atoms with Crippen molar-refractivity contribution in [3.8, 4) is 28.4 Å². The number of hydrogen-bond donors (Lipinski definition) is 0. The summed E-state index contributed by atoms with van der Waals surface area (Å²) in [7, 11) is 0. The third-order valence-corrected chi connectivity index (χ3v) is 8.71. The molecule has 0 spiro atoms. The highest BCUT2D eigenvalue weighted by Crippen LogP contribution is 2.37. The van der Waals surface area contributed by atoms with Gasteiger partial charge in [0, 0.05) is 37.7 Å². The van der Waals surface area contributed by atoms with Crippen molar-refractivity contribution in [3.05, 3.63) is 116 Å². The van der Waals surface area contributed by atoms with Gasteiger partial charge in [0.15, 0.2) is 0 Å². The first kappa shape index (κ1) is 24.0. The van der Waals surface area contributed by atoms with Gasteiger partial charge in [0.1, 0.15) is 17.3 Å². The molecule has 2 heterocycles. The molecule has 37 heavy (non-hydrogen) atoms. The van der Waals surface area contributed by atoms with E-state index in [4.69, 9.17) is 16.3 Å². The number of aromatic nitrogens is 2. The Morgan fingerprint density at radius 2 is 1.54 bits per heavy atom. The van der Waals surface area contributed by atoms with Crippen LogP contribution in [0.5, 0.6) is 11.5 Å². The molecular formula is C32H24ClIN2O. The smallest absolute Gasteiger partial charge is 0.139 e. The van der Waals surface area contributed by atoms with E-state index in [1.807, 2.05) is 24.3 Å². The molecular weight excluding hydrogens is 591 g/mol. The molecule has 0 aliphatic carbocycles. The molecule has 0 aliphatic heterocycles. The summed E-state index contributed by atoms with van der Waals surface area (Å²) in [6, 6.07) is 28.8. The summed E-state index contributed by atoms with van der Waals surface area (Å²) in [5, 5.41) is 2.95. The fourth-order valence-corrected chi connectivity index (χ4v) is 5.81. The standard InChI is InChI=1S/C32H24ClIN2O/c1-19-15-20(2)32(34)21(3)31(19)22-7-6-8-24(16-22)37-25-11-12-27-26-9-4-5-10-28(26)36(29(27)18-25)30-17-23(33)13-14-35-30/h4-18H,1-3H3. The maximum atomic E-state index is 6.43. The second kappa shape index (κ2) is 9.51. The number of rotatable bonds is 4. The van der Waals surface area contributed by atoms with E-state index in [1.165, 1.54) is 25.8 Å². The maximum Gasteiger partial charge on any atom is 0.139 e. The molecule has 0 N–H and O–H groups in total. The molecule has 2 aromatic heterocycles. The summed E-state index contributed by atoms with van der Waals surface area (Å²) >= 11 is 8.77. The third-order valence-electron chi connectivity index (χ3n) is 6.82. The molecule has 3 nitrogen and oxygen atoms in total. The minimum absolute atomic E-state index is 0.650. The van der Waals surface area contributed by atoms with Crippen LogP contribution in [-0.4, -0.2) is 9.55 Å². The first-order chi connectivity index (χ1) is 17.9. The van der Waals surface area contributed by atoms with Gasteiger partial charge in [-0.15, -0.1) is 0 Å². The Hall–Kier alpha value is -3.35. The molecule has 6 rings (SSSR count). The van der Waals surface area contributed by atoms with Gasteiger partial charge in [-0.2, -0.15) is 0 Å². The topological polar surface area (TPSA) is 27.1 Å². The van der Waals surface area contributed by atoms with Crippen LogP contribution in [0.25, 0.3) is 38.8 Å². The van der Waals surface area contributed by atoms with Crippen LogP contribution in [0.1, 0.15) is 16.7 Å². The Bertz CT molecular complexity index is 1820. The molecule has 0 fully saturated rings. The molecule has 0 saturated carbocycles. The van der Waals surface area contributed by atoms with Crippen LogP contribution in [0.3, 0.4) is 0 Å². The van der Waals surface area contributed by atoms with Crippen molar-refractivity contribution in [2.24, 2.45) is 0 Å². The third kappa shape index (κ3) is 4.28. The predicted octanol–water partition coefficient (Wildman–Crippen LogP) is 9.82. The van der Waals surface area contributed by atoms with E-state index in [9.17, 15) is 0 Å². The van der Waals surface area contributed by atoms with Crippen molar-refractivity contribution < 1.29 is 4.74 Å². The molecule has 6 aromatic rings. The summed E-state index contributed by atoms with van der Waals surface area (Å²) in [5.74, 6) is 2.34. The largest absolute Gasteiger partial charge is 0.457 e. The molecule has 5 heteroatoms. The number of ether oxygens (including phenoxy) is 1. The SMILES string of the molecule is Cc1cc(C)c(-c2cccc(Oc3ccc4c5ccccc5n(-c5cc(Cl)ccn5)c4c3)c2)c(C)c1I. The zero-order valence-corrected chi connectivity index (χ0v) is 23.6. The lowest BCUT2D eigenvalue weighted by atomic mass is 9.94. The Kier molecular flexibility index (Phi) is 6.17. The number of hydrogen-bond acceptors (Lipinski definition) is 2. The zero-order chi connectivity index (χ0) is 25.7. The molecule has 0 amide bonds. The molecule has 0 unspecified atom stereocenters. The summed E-state index contributed by atoms with van der Waals surface area (Å²) < 4.78 is 9.87. The summed E-state index contributed by atoms with van der Waals surface area (Å²) in [6.07, 6.45) is 1.74. The molecule has 0 bridgehead atoms. The van der Waals surface area contributed by atoms with Crippen molar-refractivity contribution in [1.82, 2.24) is 9.55 Å². The van der Waals surface area contributed by atoms with Crippen LogP contribution < -0.4 is 4.74 Å². The van der Waals surface area contributed by atoms with Gasteiger partial charge in [-0.25, -0.2) is 4.98 Å². The van der Waals surface area contributed by atoms with Gasteiger partial charge in [0.05, 0.1) is 11.0 Å². The van der Waals surface area contributed by atoms with Gasteiger partial charge >= 0.3 is 0 Å². The van der Waals surface area contributed by atoms with E-state index in [-0.39, 0.29) is 0 Å². The van der Waals surface area contributed by atoms with Crippen LogP contribution in [-0.2, 0) is 0 Å². The van der Waals surface area contributed by atoms with Gasteiger partial charge in [-0.3, -0.25) is 4.57 Å². The minimum Gasteiger partial charge on any atom is -0.457 e. The quantitative estimate of drug-likeness (QED) is 0.185. The summed E-state index contributed by atoms with van der Waals surface area (Å²) in [4.78, 5) is 4.61. The van der Waals surface area contributed by atoms with Crippen LogP contribution in [0.2, 0.25) is 5.02 Å². The van der Waals surface area contributed by atoms with Gasteiger partial charge in [-0.05, 0) is 108 Å². The van der Waals surface area contributed by atoms with Crippen molar-refractivity contribution in [3.63, 3.8) is 0 Å². The number of fused-ring (bicyclic) bond motifs is 3. The van der Waals surface area contributed by atoms with Gasteiger partial charge in [-0.1, -0.05) is 48.0 Å². The first-order valence-electron chi connectivity index (χ1n) is 12.1. The second-order valence-electron chi connectivity index (χ2n) is 9.32. The Morgan fingerprint density at radius 3 is 2.38 bits per heavy atom. The van der Waals surface area contributed by atoms with Crippen LogP contribution in [0.4, 0.5) is 0 Å². The summed E-state index contributed by atoms with van der Waals surface area (Å²) in [6.45, 7) is 6.54. The maximum absolute atomic E-state index is 6.43. The molecule has 0 aliphatic rings. The number of nitrogens with zero attached hydrogens (tertiary/aromatic N) is 2. The van der Waals surface area contributed by atoms with Crippen molar-refractivity contribution in [2.45, 2.75) is 20.8 Å². The molecule has 0 atom stereocenters. The first-order valence-corrected chi connectivity index (χ1v) is 13.6. The average Bonchev–Trinajstić information content (AvgIpc) is 3.21. The molecule has 4 aromatic carbocycles. The van der Waals surface area contributed by atoms with E-state index in [2.05, 4.69) is 108 Å². The van der Waals surface area contributed by atoms with Crippen LogP contribution in [0, 0.1) is 24.3 Å². The van der Waals surface area contributed by atoms with Gasteiger partial charge in [0.2, 0.25) is 0 Å². The summed E-state index contributed by atoms with van der Waals surface area (Å²) in [5.41, 5.74) is 8.40. The lowest BCUT2D eigenvalue weighted by Crippen LogP contribution is -1.97. The minimum atomic E-state index is 0.650. The highest BCUT2D eigenvalue weighted by Gasteiger charge is 2.15. The fraction of sp³-hybridized carbons (Fsp3) is 0.0938. The highest BCUT2D eigenvalue weighted by molar-refractivity contribution is 14.1. The van der Waals surface area contributed by atoms with E-state index >= 15 is 0 Å². The number of aryl methyl sites for hydroxylation is 2. The van der Waals surface area contributed by atoms with E-state index in [0.717, 1.165) is 44.7 Å². The monoisotopic (exact) mass is 614 g/mol. The van der Waals surface area contributed by atoms with E-state index in [1.54, 1.807) is 12.3 Å². The Labute approximate surface area is 234 Å². The predicted molar refractivity (Wildman–Crippen MR) is 162 cm³/mol. The Morgan fingerprint density at radius 1 is 0.757 bits per heavy atom. The number of benzene rings is 4. The zero-order valence-electron chi connectivity index (χ0n) is 20.7. The number of para-hydroxylation sites is 1. The number of halogens is 2. The number of pyridine rings is 1. The van der Waals surface area contributed by atoms with Crippen LogP contribution in [0.15, 0.2) is 91.1 Å². The molecule has 0 saturated heterocycles. The normalized spacial score (nSPS) is 11.4. The lowest BCUT2D eigenvalue weighted by molar-refractivity contribution is 0.483. The van der Waals surface area contributed by atoms with Gasteiger partial charge in [0.25, 0.3) is 0 Å². The van der Waals surface area contributed by atoms with E-state index < -0.39 is 0 Å². The lowest BCUT2D eigenvalue weighted by Gasteiger charge is -2.15. The van der Waals surface area contributed by atoms with Crippen LogP contribution >= 0.6 is 34.2 Å². The molecule has 182 valence electrons. The van der Waals surface area contributed by atoms with Gasteiger partial charge < -0.3 is 4.74 Å². The van der Waals surface area contributed by atoms with E-state index in [0.29, 0.717) is 5.02 Å². The van der Waals surface area contributed by atoms with Crippen molar-refractivity contribution in [2.75, 3.05) is 0 Å². The Balaban J connectivity index is 1.45. The highest BCUT2D eigenvalue weighted by atomic mass is 127. The second-order valence-corrected chi connectivity index (χ2v) is 10.8. The van der Waals surface area contributed by atoms with Crippen molar-refractivity contribution in [1.29, 1.82) is 0 Å². The van der Waals surface area contributed by atoms with Crippen molar-refractivity contribution >= 4 is 56.0 Å². The average molecular weight is 615 g/mol.